The Morgan fingerprint density at radius 2 is 2.06 bits per heavy atom. The molecule has 0 saturated heterocycles. The Morgan fingerprint density at radius 3 is 2.69 bits per heavy atom. The normalized spacial score (nSPS) is 9.94. The summed E-state index contributed by atoms with van der Waals surface area (Å²) in [5.74, 6) is -2.66. The van der Waals surface area contributed by atoms with Crippen molar-refractivity contribution in [1.29, 1.82) is 0 Å². The van der Waals surface area contributed by atoms with Gasteiger partial charge < -0.3 is 15.2 Å². The fraction of sp³-hybridized carbons (Fsp3) is 0.300. The Labute approximate surface area is 91.0 Å². The van der Waals surface area contributed by atoms with Crippen LogP contribution >= 0.6 is 0 Å². The van der Waals surface area contributed by atoms with E-state index < -0.39 is 24.2 Å². The van der Waals surface area contributed by atoms with Crippen LogP contribution < -0.4 is 10.5 Å². The number of benzene rings is 1. The van der Waals surface area contributed by atoms with Crippen LogP contribution in [0.2, 0.25) is 0 Å². The van der Waals surface area contributed by atoms with Gasteiger partial charge >= 0.3 is 5.97 Å². The smallest absolute Gasteiger partial charge is 0.344 e. The zero-order chi connectivity index (χ0) is 12.1. The summed E-state index contributed by atoms with van der Waals surface area (Å²) >= 11 is 0. The molecule has 0 unspecified atom stereocenters. The predicted octanol–water partition coefficient (Wildman–Crippen LogP) is 1.49. The molecule has 1 aromatic rings. The second-order valence-electron chi connectivity index (χ2n) is 2.90. The van der Waals surface area contributed by atoms with E-state index in [2.05, 4.69) is 4.74 Å². The van der Waals surface area contributed by atoms with Crippen LogP contribution in [0.3, 0.4) is 0 Å². The molecule has 1 aromatic carbocycles. The standard InChI is InChI=1S/C10H11F2NO3/c1-2-15-10(14)5-16-9-4-6(11)8(13)3-7(9)12/h3-4H,2,5,13H2,1H3. The Kier molecular flexibility index (Phi) is 4.04. The van der Waals surface area contributed by atoms with Gasteiger partial charge in [-0.25, -0.2) is 13.6 Å². The molecule has 0 bridgehead atoms. The fourth-order valence-electron chi connectivity index (χ4n) is 0.994. The number of carbonyl (C=O) groups excluding carboxylic acids is 1. The van der Waals surface area contributed by atoms with E-state index in [1.54, 1.807) is 6.92 Å². The molecule has 0 aliphatic carbocycles. The van der Waals surface area contributed by atoms with E-state index in [0.717, 1.165) is 12.1 Å². The molecule has 0 fully saturated rings. The number of anilines is 1. The lowest BCUT2D eigenvalue weighted by molar-refractivity contribution is -0.145. The molecule has 0 heterocycles. The van der Waals surface area contributed by atoms with Crippen LogP contribution in [0.4, 0.5) is 14.5 Å². The SMILES string of the molecule is CCOC(=O)COc1cc(F)c(N)cc1F. The van der Waals surface area contributed by atoms with Gasteiger partial charge in [0.15, 0.2) is 18.2 Å². The van der Waals surface area contributed by atoms with E-state index in [9.17, 15) is 13.6 Å². The van der Waals surface area contributed by atoms with Gasteiger partial charge in [0.1, 0.15) is 5.82 Å². The van der Waals surface area contributed by atoms with Gasteiger partial charge in [0.2, 0.25) is 0 Å². The first-order valence-electron chi connectivity index (χ1n) is 4.57. The van der Waals surface area contributed by atoms with Gasteiger partial charge in [-0.1, -0.05) is 0 Å². The quantitative estimate of drug-likeness (QED) is 0.630. The molecule has 0 atom stereocenters. The summed E-state index contributed by atoms with van der Waals surface area (Å²) in [4.78, 5) is 10.9. The lowest BCUT2D eigenvalue weighted by Gasteiger charge is -2.07. The molecule has 6 heteroatoms. The van der Waals surface area contributed by atoms with E-state index in [-0.39, 0.29) is 18.0 Å². The molecule has 0 radical (unpaired) electrons. The lowest BCUT2D eigenvalue weighted by atomic mass is 10.3. The van der Waals surface area contributed by atoms with Crippen molar-refractivity contribution in [2.24, 2.45) is 0 Å². The van der Waals surface area contributed by atoms with Crippen molar-refractivity contribution in [2.45, 2.75) is 6.92 Å². The highest BCUT2D eigenvalue weighted by Gasteiger charge is 2.11. The molecule has 0 aromatic heterocycles. The predicted molar refractivity (Wildman–Crippen MR) is 52.9 cm³/mol. The third kappa shape index (κ3) is 3.08. The van der Waals surface area contributed by atoms with Crippen molar-refractivity contribution < 1.29 is 23.0 Å². The molecular weight excluding hydrogens is 220 g/mol. The van der Waals surface area contributed by atoms with Crippen molar-refractivity contribution in [3.63, 3.8) is 0 Å². The number of nitrogen functional groups attached to an aromatic ring is 1. The summed E-state index contributed by atoms with van der Waals surface area (Å²) in [6.45, 7) is 1.34. The fourth-order valence-corrected chi connectivity index (χ4v) is 0.994. The average Bonchev–Trinajstić information content (AvgIpc) is 2.22. The molecule has 2 N–H and O–H groups in total. The van der Waals surface area contributed by atoms with Crippen LogP contribution in [0.15, 0.2) is 12.1 Å². The third-order valence-corrected chi connectivity index (χ3v) is 1.70. The van der Waals surface area contributed by atoms with Crippen LogP contribution in [-0.4, -0.2) is 19.2 Å². The van der Waals surface area contributed by atoms with Crippen LogP contribution in [0.1, 0.15) is 6.92 Å². The summed E-state index contributed by atoms with van der Waals surface area (Å²) in [6, 6.07) is 1.57. The highest BCUT2D eigenvalue weighted by Crippen LogP contribution is 2.22. The number of esters is 1. The topological polar surface area (TPSA) is 61.5 Å². The lowest BCUT2D eigenvalue weighted by Crippen LogP contribution is -2.15. The third-order valence-electron chi connectivity index (χ3n) is 1.70. The second kappa shape index (κ2) is 5.29. The summed E-state index contributed by atoms with van der Waals surface area (Å²) < 4.78 is 35.4. The molecule has 1 rings (SSSR count). The average molecular weight is 231 g/mol. The van der Waals surface area contributed by atoms with Crippen LogP contribution in [0, 0.1) is 11.6 Å². The molecule has 0 amide bonds. The van der Waals surface area contributed by atoms with Crippen molar-refractivity contribution in [2.75, 3.05) is 18.9 Å². The largest absolute Gasteiger partial charge is 0.479 e. The Balaban J connectivity index is 2.67. The van der Waals surface area contributed by atoms with E-state index in [0.29, 0.717) is 0 Å². The highest BCUT2D eigenvalue weighted by molar-refractivity contribution is 5.71. The number of hydrogen-bond donors (Lipinski definition) is 1. The molecule has 0 saturated carbocycles. The van der Waals surface area contributed by atoms with Crippen LogP contribution in [0.5, 0.6) is 5.75 Å². The number of carbonyl (C=O) groups is 1. The first-order valence-corrected chi connectivity index (χ1v) is 4.57. The molecule has 0 aliphatic rings. The first-order chi connectivity index (χ1) is 7.54. The zero-order valence-electron chi connectivity index (χ0n) is 8.63. The number of hydrogen-bond acceptors (Lipinski definition) is 4. The second-order valence-corrected chi connectivity index (χ2v) is 2.90. The van der Waals surface area contributed by atoms with E-state index >= 15 is 0 Å². The van der Waals surface area contributed by atoms with E-state index in [1.165, 1.54) is 0 Å². The van der Waals surface area contributed by atoms with Gasteiger partial charge in [0, 0.05) is 12.1 Å². The van der Waals surface area contributed by atoms with Gasteiger partial charge in [0.05, 0.1) is 12.3 Å². The van der Waals surface area contributed by atoms with Gasteiger partial charge in [-0.05, 0) is 6.92 Å². The van der Waals surface area contributed by atoms with Gasteiger partial charge in [0.25, 0.3) is 0 Å². The summed E-state index contributed by atoms with van der Waals surface area (Å²) in [5.41, 5.74) is 4.81. The maximum absolute atomic E-state index is 13.1. The van der Waals surface area contributed by atoms with E-state index in [1.807, 2.05) is 0 Å². The Morgan fingerprint density at radius 1 is 1.38 bits per heavy atom. The minimum absolute atomic E-state index is 0.195. The van der Waals surface area contributed by atoms with Crippen molar-refractivity contribution in [1.82, 2.24) is 0 Å². The van der Waals surface area contributed by atoms with Crippen molar-refractivity contribution in [3.8, 4) is 5.75 Å². The Hall–Kier alpha value is -1.85. The summed E-state index contributed by atoms with van der Waals surface area (Å²) in [6.07, 6.45) is 0. The minimum Gasteiger partial charge on any atom is -0.479 e. The van der Waals surface area contributed by atoms with Crippen molar-refractivity contribution >= 4 is 11.7 Å². The van der Waals surface area contributed by atoms with Crippen molar-refractivity contribution in [3.05, 3.63) is 23.8 Å². The van der Waals surface area contributed by atoms with Gasteiger partial charge in [-0.2, -0.15) is 0 Å². The molecule has 16 heavy (non-hydrogen) atoms. The maximum Gasteiger partial charge on any atom is 0.344 e. The Bertz CT molecular complexity index is 396. The highest BCUT2D eigenvalue weighted by atomic mass is 19.1. The number of nitrogens with two attached hydrogens (primary N) is 1. The summed E-state index contributed by atoms with van der Waals surface area (Å²) in [5, 5.41) is 0. The maximum atomic E-state index is 13.1. The number of halogens is 2. The minimum atomic E-state index is -0.830. The molecule has 4 nitrogen and oxygen atoms in total. The van der Waals surface area contributed by atoms with Gasteiger partial charge in [-0.3, -0.25) is 0 Å². The zero-order valence-corrected chi connectivity index (χ0v) is 8.63. The van der Waals surface area contributed by atoms with E-state index in [4.69, 9.17) is 10.5 Å². The van der Waals surface area contributed by atoms with Crippen LogP contribution in [0.25, 0.3) is 0 Å². The summed E-state index contributed by atoms with van der Waals surface area (Å²) in [7, 11) is 0. The molecule has 0 aliphatic heterocycles. The molecule has 88 valence electrons. The van der Waals surface area contributed by atoms with Gasteiger partial charge in [-0.15, -0.1) is 0 Å². The number of ether oxygens (including phenoxy) is 2. The molecule has 0 spiro atoms. The first kappa shape index (κ1) is 12.2. The monoisotopic (exact) mass is 231 g/mol. The van der Waals surface area contributed by atoms with Crippen LogP contribution in [-0.2, 0) is 9.53 Å². The molecular formula is C10H11F2NO3. The number of rotatable bonds is 4.